The van der Waals surface area contributed by atoms with Crippen molar-refractivity contribution in [1.29, 1.82) is 0 Å². The van der Waals surface area contributed by atoms with Gasteiger partial charge in [-0.2, -0.15) is 13.2 Å². The molecular formula is C10H6F4O2. The fourth-order valence-corrected chi connectivity index (χ4v) is 1.000. The van der Waals surface area contributed by atoms with Gasteiger partial charge in [0, 0.05) is 11.6 Å². The van der Waals surface area contributed by atoms with Gasteiger partial charge in [-0.3, -0.25) is 0 Å². The standard InChI is InChI=1S/C10H6F4O2/c11-8-5-7(10(12,13)14)3-1-6(8)2-4-9(15)16/h1-5H,(H,15,16). The lowest BCUT2D eigenvalue weighted by Gasteiger charge is -2.07. The first-order chi connectivity index (χ1) is 7.30. The number of carboxylic acid groups (broad SMARTS) is 1. The molecule has 0 saturated carbocycles. The van der Waals surface area contributed by atoms with Crippen molar-refractivity contribution in [3.05, 3.63) is 41.2 Å². The van der Waals surface area contributed by atoms with Gasteiger partial charge < -0.3 is 5.11 Å². The third-order valence-corrected chi connectivity index (χ3v) is 1.73. The Balaban J connectivity index is 3.05. The van der Waals surface area contributed by atoms with Crippen LogP contribution in [-0.4, -0.2) is 11.1 Å². The second kappa shape index (κ2) is 4.34. The fraction of sp³-hybridized carbons (Fsp3) is 0.100. The maximum atomic E-state index is 13.1. The van der Waals surface area contributed by atoms with Crippen molar-refractivity contribution in [2.24, 2.45) is 0 Å². The van der Waals surface area contributed by atoms with Crippen LogP contribution in [0.1, 0.15) is 11.1 Å². The van der Waals surface area contributed by atoms with Crippen LogP contribution in [0.2, 0.25) is 0 Å². The number of aliphatic carboxylic acids is 1. The van der Waals surface area contributed by atoms with Gasteiger partial charge in [-0.1, -0.05) is 6.07 Å². The number of halogens is 4. The maximum Gasteiger partial charge on any atom is 0.416 e. The Morgan fingerprint density at radius 2 is 1.94 bits per heavy atom. The summed E-state index contributed by atoms with van der Waals surface area (Å²) in [6, 6.07) is 1.88. The molecule has 1 rings (SSSR count). The molecule has 86 valence electrons. The molecule has 16 heavy (non-hydrogen) atoms. The molecule has 0 amide bonds. The quantitative estimate of drug-likeness (QED) is 0.631. The highest BCUT2D eigenvalue weighted by Crippen LogP contribution is 2.30. The molecule has 0 aliphatic carbocycles. The van der Waals surface area contributed by atoms with E-state index in [0.29, 0.717) is 18.2 Å². The van der Waals surface area contributed by atoms with Gasteiger partial charge in [-0.25, -0.2) is 9.18 Å². The summed E-state index contributed by atoms with van der Waals surface area (Å²) in [5, 5.41) is 8.26. The SMILES string of the molecule is O=C(O)C=Cc1ccc(C(F)(F)F)cc1F. The molecule has 0 spiro atoms. The Hall–Kier alpha value is -1.85. The first kappa shape index (κ1) is 12.2. The van der Waals surface area contributed by atoms with Crippen LogP contribution >= 0.6 is 0 Å². The highest BCUT2D eigenvalue weighted by atomic mass is 19.4. The van der Waals surface area contributed by atoms with Gasteiger partial charge in [-0.15, -0.1) is 0 Å². The Bertz CT molecular complexity index is 435. The van der Waals surface area contributed by atoms with E-state index < -0.39 is 23.5 Å². The van der Waals surface area contributed by atoms with E-state index in [0.717, 1.165) is 12.1 Å². The second-order valence-electron chi connectivity index (χ2n) is 2.91. The Labute approximate surface area is 87.8 Å². The summed E-state index contributed by atoms with van der Waals surface area (Å²) in [5.41, 5.74) is -1.33. The zero-order chi connectivity index (χ0) is 12.3. The number of hydrogen-bond donors (Lipinski definition) is 1. The van der Waals surface area contributed by atoms with Crippen LogP contribution in [0.25, 0.3) is 6.08 Å². The molecule has 0 saturated heterocycles. The van der Waals surface area contributed by atoms with E-state index in [1.54, 1.807) is 0 Å². The lowest BCUT2D eigenvalue weighted by molar-refractivity contribution is -0.137. The number of alkyl halides is 3. The van der Waals surface area contributed by atoms with Crippen molar-refractivity contribution in [2.75, 3.05) is 0 Å². The van der Waals surface area contributed by atoms with Crippen molar-refractivity contribution in [3.63, 3.8) is 0 Å². The normalized spacial score (nSPS) is 12.0. The molecule has 0 radical (unpaired) electrons. The van der Waals surface area contributed by atoms with Gasteiger partial charge >= 0.3 is 12.1 Å². The topological polar surface area (TPSA) is 37.3 Å². The fourth-order valence-electron chi connectivity index (χ4n) is 1.000. The second-order valence-corrected chi connectivity index (χ2v) is 2.91. The molecule has 1 N–H and O–H groups in total. The molecule has 0 fully saturated rings. The van der Waals surface area contributed by atoms with Gasteiger partial charge in [0.15, 0.2) is 0 Å². The number of carbonyl (C=O) groups is 1. The summed E-state index contributed by atoms with van der Waals surface area (Å²) in [6.45, 7) is 0. The Morgan fingerprint density at radius 3 is 2.38 bits per heavy atom. The highest BCUT2D eigenvalue weighted by molar-refractivity contribution is 5.85. The number of benzene rings is 1. The smallest absolute Gasteiger partial charge is 0.416 e. The van der Waals surface area contributed by atoms with Crippen molar-refractivity contribution in [3.8, 4) is 0 Å². The lowest BCUT2D eigenvalue weighted by atomic mass is 10.1. The Morgan fingerprint density at radius 1 is 1.31 bits per heavy atom. The Kier molecular flexibility index (Phi) is 3.31. The van der Waals surface area contributed by atoms with E-state index in [4.69, 9.17) is 5.11 Å². The maximum absolute atomic E-state index is 13.1. The first-order valence-electron chi connectivity index (χ1n) is 4.08. The van der Waals surface area contributed by atoms with Crippen molar-refractivity contribution in [2.45, 2.75) is 6.18 Å². The van der Waals surface area contributed by atoms with Crippen LogP contribution in [0.4, 0.5) is 17.6 Å². The molecule has 0 aliphatic rings. The van der Waals surface area contributed by atoms with Crippen LogP contribution in [0.15, 0.2) is 24.3 Å². The molecule has 0 unspecified atom stereocenters. The monoisotopic (exact) mass is 234 g/mol. The summed E-state index contributed by atoms with van der Waals surface area (Å²) in [6.07, 6.45) is -3.08. The van der Waals surface area contributed by atoms with Crippen LogP contribution in [0.5, 0.6) is 0 Å². The summed E-state index contributed by atoms with van der Waals surface area (Å²) in [4.78, 5) is 10.1. The number of hydrogen-bond acceptors (Lipinski definition) is 1. The molecule has 6 heteroatoms. The third kappa shape index (κ3) is 3.08. The van der Waals surface area contributed by atoms with Crippen molar-refractivity contribution >= 4 is 12.0 Å². The summed E-state index contributed by atoms with van der Waals surface area (Å²) in [7, 11) is 0. The van der Waals surface area contributed by atoms with E-state index in [1.807, 2.05) is 0 Å². The molecule has 0 atom stereocenters. The molecule has 0 heterocycles. The average molecular weight is 234 g/mol. The van der Waals surface area contributed by atoms with Gasteiger partial charge in [0.25, 0.3) is 0 Å². The van der Waals surface area contributed by atoms with Crippen molar-refractivity contribution in [1.82, 2.24) is 0 Å². The largest absolute Gasteiger partial charge is 0.478 e. The van der Waals surface area contributed by atoms with Gasteiger partial charge in [0.2, 0.25) is 0 Å². The van der Waals surface area contributed by atoms with E-state index in [1.165, 1.54) is 0 Å². The minimum Gasteiger partial charge on any atom is -0.478 e. The molecule has 0 aromatic heterocycles. The molecule has 1 aromatic carbocycles. The lowest BCUT2D eigenvalue weighted by Crippen LogP contribution is -2.05. The average Bonchev–Trinajstić information content (AvgIpc) is 2.14. The van der Waals surface area contributed by atoms with E-state index >= 15 is 0 Å². The van der Waals surface area contributed by atoms with Crippen LogP contribution in [0, 0.1) is 5.82 Å². The van der Waals surface area contributed by atoms with Crippen molar-refractivity contribution < 1.29 is 27.5 Å². The van der Waals surface area contributed by atoms with Crippen LogP contribution in [0.3, 0.4) is 0 Å². The number of rotatable bonds is 2. The highest BCUT2D eigenvalue weighted by Gasteiger charge is 2.30. The van der Waals surface area contributed by atoms with E-state index in [2.05, 4.69) is 0 Å². The van der Waals surface area contributed by atoms with Gasteiger partial charge in [-0.05, 0) is 18.2 Å². The molecule has 2 nitrogen and oxygen atoms in total. The summed E-state index contributed by atoms with van der Waals surface area (Å²) < 4.78 is 49.5. The molecular weight excluding hydrogens is 228 g/mol. The molecule has 0 bridgehead atoms. The third-order valence-electron chi connectivity index (χ3n) is 1.73. The minimum absolute atomic E-state index is 0.213. The number of carboxylic acids is 1. The zero-order valence-electron chi connectivity index (χ0n) is 7.75. The molecule has 1 aromatic rings. The zero-order valence-corrected chi connectivity index (χ0v) is 7.75. The predicted molar refractivity (Wildman–Crippen MR) is 48.1 cm³/mol. The van der Waals surface area contributed by atoms with E-state index in [9.17, 15) is 22.4 Å². The minimum atomic E-state index is -4.62. The first-order valence-corrected chi connectivity index (χ1v) is 4.08. The van der Waals surface area contributed by atoms with E-state index in [-0.39, 0.29) is 5.56 Å². The summed E-state index contributed by atoms with van der Waals surface area (Å²) >= 11 is 0. The van der Waals surface area contributed by atoms with Gasteiger partial charge in [0.1, 0.15) is 5.82 Å². The van der Waals surface area contributed by atoms with Gasteiger partial charge in [0.05, 0.1) is 5.56 Å². The summed E-state index contributed by atoms with van der Waals surface area (Å²) in [5.74, 6) is -2.42. The molecule has 0 aliphatic heterocycles. The van der Waals surface area contributed by atoms with Crippen LogP contribution in [-0.2, 0) is 11.0 Å². The predicted octanol–water partition coefficient (Wildman–Crippen LogP) is 2.94. The van der Waals surface area contributed by atoms with Crippen LogP contribution < -0.4 is 0 Å².